The number of piperidine rings is 1. The largest absolute Gasteiger partial charge is 0.411 e. The van der Waals surface area contributed by atoms with E-state index < -0.39 is 0 Å². The first-order valence-electron chi connectivity index (χ1n) is 5.69. The van der Waals surface area contributed by atoms with E-state index in [1.807, 2.05) is 32.0 Å². The van der Waals surface area contributed by atoms with Crippen LogP contribution in [0.25, 0.3) is 0 Å². The Kier molecular flexibility index (Phi) is 3.13. The Morgan fingerprint density at radius 2 is 2.06 bits per heavy atom. The van der Waals surface area contributed by atoms with Gasteiger partial charge in [-0.1, -0.05) is 23.4 Å². The maximum Gasteiger partial charge on any atom is 0.221 e. The summed E-state index contributed by atoms with van der Waals surface area (Å²) < 4.78 is 0. The first-order chi connectivity index (χ1) is 8.11. The van der Waals surface area contributed by atoms with E-state index in [0.29, 0.717) is 18.6 Å². The Morgan fingerprint density at radius 3 is 2.71 bits per heavy atom. The Balaban J connectivity index is 2.35. The lowest BCUT2D eigenvalue weighted by Gasteiger charge is -2.25. The lowest BCUT2D eigenvalue weighted by molar-refractivity contribution is -0.121. The second-order valence-corrected chi connectivity index (χ2v) is 4.44. The molecule has 4 nitrogen and oxygen atoms in total. The fourth-order valence-corrected chi connectivity index (χ4v) is 2.03. The summed E-state index contributed by atoms with van der Waals surface area (Å²) in [6.45, 7) is 4.07. The SMILES string of the molecule is Cc1ccc(C2NC(=O)CCC2=NO)cc1C. The normalized spacial score (nSPS) is 22.6. The monoisotopic (exact) mass is 232 g/mol. The highest BCUT2D eigenvalue weighted by atomic mass is 16.4. The van der Waals surface area contributed by atoms with Crippen LogP contribution in [0.5, 0.6) is 0 Å². The number of carbonyl (C=O) groups excluding carboxylic acids is 1. The van der Waals surface area contributed by atoms with Crippen molar-refractivity contribution >= 4 is 11.6 Å². The van der Waals surface area contributed by atoms with E-state index in [9.17, 15) is 4.79 Å². The molecular weight excluding hydrogens is 216 g/mol. The third-order valence-electron chi connectivity index (χ3n) is 3.24. The second-order valence-electron chi connectivity index (χ2n) is 4.44. The average Bonchev–Trinajstić information content (AvgIpc) is 2.32. The van der Waals surface area contributed by atoms with Crippen molar-refractivity contribution in [3.05, 3.63) is 34.9 Å². The van der Waals surface area contributed by atoms with Crippen molar-refractivity contribution in [1.29, 1.82) is 0 Å². The second kappa shape index (κ2) is 4.57. The van der Waals surface area contributed by atoms with E-state index in [-0.39, 0.29) is 11.9 Å². The zero-order valence-electron chi connectivity index (χ0n) is 10.0. The molecule has 1 aliphatic rings. The van der Waals surface area contributed by atoms with Gasteiger partial charge in [0, 0.05) is 12.8 Å². The topological polar surface area (TPSA) is 61.7 Å². The number of rotatable bonds is 1. The summed E-state index contributed by atoms with van der Waals surface area (Å²) >= 11 is 0. The smallest absolute Gasteiger partial charge is 0.221 e. The van der Waals surface area contributed by atoms with Crippen molar-refractivity contribution in [2.24, 2.45) is 5.16 Å². The van der Waals surface area contributed by atoms with Crippen LogP contribution < -0.4 is 5.32 Å². The minimum absolute atomic E-state index is 0.000582. The number of benzene rings is 1. The van der Waals surface area contributed by atoms with Crippen molar-refractivity contribution < 1.29 is 10.0 Å². The molecule has 1 aliphatic heterocycles. The minimum atomic E-state index is -0.291. The summed E-state index contributed by atoms with van der Waals surface area (Å²) in [6, 6.07) is 5.71. The molecule has 1 heterocycles. The van der Waals surface area contributed by atoms with Gasteiger partial charge in [0.05, 0.1) is 11.8 Å². The van der Waals surface area contributed by atoms with E-state index in [1.54, 1.807) is 0 Å². The van der Waals surface area contributed by atoms with Crippen LogP contribution in [0.1, 0.15) is 35.6 Å². The van der Waals surface area contributed by atoms with Gasteiger partial charge in [-0.05, 0) is 30.5 Å². The van der Waals surface area contributed by atoms with E-state index in [2.05, 4.69) is 10.5 Å². The van der Waals surface area contributed by atoms with Gasteiger partial charge in [0.25, 0.3) is 0 Å². The highest BCUT2D eigenvalue weighted by Crippen LogP contribution is 2.23. The van der Waals surface area contributed by atoms with E-state index in [4.69, 9.17) is 5.21 Å². The molecule has 1 aromatic rings. The van der Waals surface area contributed by atoms with Crippen molar-refractivity contribution in [3.63, 3.8) is 0 Å². The number of amides is 1. The average molecular weight is 232 g/mol. The molecule has 1 amide bonds. The predicted molar refractivity (Wildman–Crippen MR) is 65.3 cm³/mol. The van der Waals surface area contributed by atoms with Gasteiger partial charge >= 0.3 is 0 Å². The summed E-state index contributed by atoms with van der Waals surface area (Å²) in [5, 5.41) is 15.1. The highest BCUT2D eigenvalue weighted by Gasteiger charge is 2.26. The van der Waals surface area contributed by atoms with Crippen LogP contribution in [0.2, 0.25) is 0 Å². The molecule has 4 heteroatoms. The quantitative estimate of drug-likeness (QED) is 0.575. The fourth-order valence-electron chi connectivity index (χ4n) is 2.03. The summed E-state index contributed by atoms with van der Waals surface area (Å²) in [5.41, 5.74) is 3.96. The Labute approximate surface area is 100 Å². The van der Waals surface area contributed by atoms with Gasteiger partial charge in [-0.2, -0.15) is 0 Å². The standard InChI is InChI=1S/C13H16N2O2/c1-8-3-4-10(7-9(8)2)13-11(15-17)5-6-12(16)14-13/h3-4,7,13,17H,5-6H2,1-2H3,(H,14,16). The zero-order valence-corrected chi connectivity index (χ0v) is 10.0. The molecule has 1 atom stereocenters. The van der Waals surface area contributed by atoms with Crippen LogP contribution in [0.4, 0.5) is 0 Å². The number of oxime groups is 1. The van der Waals surface area contributed by atoms with Crippen LogP contribution in [0.15, 0.2) is 23.4 Å². The Bertz CT molecular complexity index is 480. The molecule has 90 valence electrons. The van der Waals surface area contributed by atoms with Crippen LogP contribution in [-0.4, -0.2) is 16.8 Å². The van der Waals surface area contributed by atoms with Crippen molar-refractivity contribution in [1.82, 2.24) is 5.32 Å². The third kappa shape index (κ3) is 2.30. The third-order valence-corrected chi connectivity index (χ3v) is 3.24. The van der Waals surface area contributed by atoms with E-state index in [0.717, 1.165) is 5.56 Å². The first-order valence-corrected chi connectivity index (χ1v) is 5.69. The van der Waals surface area contributed by atoms with E-state index in [1.165, 1.54) is 11.1 Å². The van der Waals surface area contributed by atoms with Crippen LogP contribution in [0, 0.1) is 13.8 Å². The summed E-state index contributed by atoms with van der Waals surface area (Å²) in [7, 11) is 0. The van der Waals surface area contributed by atoms with Gasteiger partial charge in [0.2, 0.25) is 5.91 Å². The molecule has 1 aromatic carbocycles. The molecule has 0 bridgehead atoms. The number of nitrogens with one attached hydrogen (secondary N) is 1. The molecule has 1 fully saturated rings. The van der Waals surface area contributed by atoms with Crippen molar-refractivity contribution in [2.45, 2.75) is 32.7 Å². The number of hydrogen-bond donors (Lipinski definition) is 2. The van der Waals surface area contributed by atoms with Gasteiger partial charge in [-0.25, -0.2) is 0 Å². The van der Waals surface area contributed by atoms with Crippen molar-refractivity contribution in [2.75, 3.05) is 0 Å². The van der Waals surface area contributed by atoms with Crippen LogP contribution >= 0.6 is 0 Å². The van der Waals surface area contributed by atoms with Gasteiger partial charge in [-0.15, -0.1) is 0 Å². The maximum absolute atomic E-state index is 11.4. The zero-order chi connectivity index (χ0) is 12.4. The lowest BCUT2D eigenvalue weighted by Crippen LogP contribution is -2.38. The molecule has 1 saturated heterocycles. The first kappa shape index (κ1) is 11.6. The van der Waals surface area contributed by atoms with Crippen molar-refractivity contribution in [3.8, 4) is 0 Å². The molecule has 17 heavy (non-hydrogen) atoms. The van der Waals surface area contributed by atoms with Gasteiger partial charge in [-0.3, -0.25) is 4.79 Å². The lowest BCUT2D eigenvalue weighted by atomic mass is 9.93. The van der Waals surface area contributed by atoms with Crippen LogP contribution in [-0.2, 0) is 4.79 Å². The summed E-state index contributed by atoms with van der Waals surface area (Å²) in [6.07, 6.45) is 0.903. The number of aryl methyl sites for hydroxylation is 2. The molecular formula is C13H16N2O2. The predicted octanol–water partition coefficient (Wildman–Crippen LogP) is 2.08. The number of hydrogen-bond acceptors (Lipinski definition) is 3. The highest BCUT2D eigenvalue weighted by molar-refractivity contribution is 5.99. The molecule has 2 rings (SSSR count). The molecule has 0 radical (unpaired) electrons. The molecule has 0 aromatic heterocycles. The van der Waals surface area contributed by atoms with E-state index >= 15 is 0 Å². The van der Waals surface area contributed by atoms with Gasteiger partial charge < -0.3 is 10.5 Å². The van der Waals surface area contributed by atoms with Gasteiger partial charge in [0.15, 0.2) is 0 Å². The molecule has 0 saturated carbocycles. The molecule has 2 N–H and O–H groups in total. The maximum atomic E-state index is 11.4. The summed E-state index contributed by atoms with van der Waals surface area (Å²) in [5.74, 6) is 0.000582. The Morgan fingerprint density at radius 1 is 1.29 bits per heavy atom. The minimum Gasteiger partial charge on any atom is -0.411 e. The van der Waals surface area contributed by atoms with Crippen LogP contribution in [0.3, 0.4) is 0 Å². The Hall–Kier alpha value is -1.84. The van der Waals surface area contributed by atoms with Gasteiger partial charge in [0.1, 0.15) is 0 Å². The fraction of sp³-hybridized carbons (Fsp3) is 0.385. The number of carbonyl (C=O) groups is 1. The molecule has 0 aliphatic carbocycles. The number of nitrogens with zero attached hydrogens (tertiary/aromatic N) is 1. The molecule has 1 unspecified atom stereocenters. The molecule has 0 spiro atoms. The summed E-state index contributed by atoms with van der Waals surface area (Å²) in [4.78, 5) is 11.4.